The van der Waals surface area contributed by atoms with Crippen LogP contribution in [-0.4, -0.2) is 25.0 Å². The lowest BCUT2D eigenvalue weighted by atomic mass is 10.1. The fraction of sp³-hybridized carbons (Fsp3) is 0.286. The Morgan fingerprint density at radius 1 is 1.33 bits per heavy atom. The summed E-state index contributed by atoms with van der Waals surface area (Å²) in [5.41, 5.74) is 0.382. The molecule has 1 rings (SSSR count). The topological polar surface area (TPSA) is 52.6 Å². The van der Waals surface area contributed by atoms with Gasteiger partial charge in [-0.05, 0) is 19.1 Å². The molecule has 0 amide bonds. The molecule has 18 heavy (non-hydrogen) atoms. The van der Waals surface area contributed by atoms with Gasteiger partial charge in [0.2, 0.25) is 0 Å². The molecule has 0 atom stereocenters. The quantitative estimate of drug-likeness (QED) is 0.322. The van der Waals surface area contributed by atoms with E-state index >= 15 is 0 Å². The minimum Gasteiger partial charge on any atom is -0.489 e. The third-order valence-electron chi connectivity index (χ3n) is 2.15. The highest BCUT2D eigenvalue weighted by molar-refractivity contribution is 6.07. The van der Waals surface area contributed by atoms with Crippen LogP contribution in [-0.2, 0) is 9.53 Å². The Kier molecular flexibility index (Phi) is 5.64. The fourth-order valence-electron chi connectivity index (χ4n) is 1.41. The van der Waals surface area contributed by atoms with Crippen molar-refractivity contribution in [3.8, 4) is 5.75 Å². The second-order valence-corrected chi connectivity index (χ2v) is 3.50. The highest BCUT2D eigenvalue weighted by atomic mass is 16.5. The molecule has 0 aliphatic heterocycles. The number of esters is 1. The first-order valence-corrected chi connectivity index (χ1v) is 5.70. The summed E-state index contributed by atoms with van der Waals surface area (Å²) in [5, 5.41) is 0. The van der Waals surface area contributed by atoms with Gasteiger partial charge in [0.25, 0.3) is 0 Å². The van der Waals surface area contributed by atoms with Gasteiger partial charge in [0, 0.05) is 0 Å². The molecule has 1 aromatic carbocycles. The van der Waals surface area contributed by atoms with Gasteiger partial charge in [0.15, 0.2) is 5.78 Å². The van der Waals surface area contributed by atoms with Gasteiger partial charge in [-0.3, -0.25) is 9.59 Å². The number of ether oxygens (including phenoxy) is 2. The van der Waals surface area contributed by atoms with Crippen LogP contribution in [0.5, 0.6) is 5.75 Å². The monoisotopic (exact) mass is 248 g/mol. The number of para-hydroxylation sites is 1. The first-order chi connectivity index (χ1) is 8.69. The minimum atomic E-state index is -0.527. The highest BCUT2D eigenvalue weighted by Gasteiger charge is 2.16. The first kappa shape index (κ1) is 14.0. The molecule has 0 aliphatic carbocycles. The van der Waals surface area contributed by atoms with E-state index in [-0.39, 0.29) is 18.8 Å². The van der Waals surface area contributed by atoms with Gasteiger partial charge in [0.1, 0.15) is 18.8 Å². The van der Waals surface area contributed by atoms with E-state index in [9.17, 15) is 9.59 Å². The molecular formula is C14H16O4. The summed E-state index contributed by atoms with van der Waals surface area (Å²) in [6, 6.07) is 6.79. The normalized spacial score (nSPS) is 9.61. The largest absolute Gasteiger partial charge is 0.489 e. The van der Waals surface area contributed by atoms with Gasteiger partial charge in [-0.1, -0.05) is 24.8 Å². The van der Waals surface area contributed by atoms with Crippen molar-refractivity contribution < 1.29 is 19.1 Å². The van der Waals surface area contributed by atoms with E-state index in [1.54, 1.807) is 37.3 Å². The van der Waals surface area contributed by atoms with Crippen LogP contribution < -0.4 is 4.74 Å². The average molecular weight is 248 g/mol. The molecule has 4 nitrogen and oxygen atoms in total. The van der Waals surface area contributed by atoms with Crippen molar-refractivity contribution in [1.82, 2.24) is 0 Å². The van der Waals surface area contributed by atoms with Crippen LogP contribution in [0.25, 0.3) is 0 Å². The van der Waals surface area contributed by atoms with Gasteiger partial charge < -0.3 is 9.47 Å². The fourth-order valence-corrected chi connectivity index (χ4v) is 1.41. The zero-order valence-electron chi connectivity index (χ0n) is 10.3. The molecule has 0 bridgehead atoms. The maximum atomic E-state index is 11.9. The molecule has 1 aromatic rings. The average Bonchev–Trinajstić information content (AvgIpc) is 2.36. The molecule has 0 heterocycles. The first-order valence-electron chi connectivity index (χ1n) is 5.70. The van der Waals surface area contributed by atoms with Crippen molar-refractivity contribution in [3.63, 3.8) is 0 Å². The maximum absolute atomic E-state index is 11.9. The molecular weight excluding hydrogens is 232 g/mol. The van der Waals surface area contributed by atoms with Gasteiger partial charge >= 0.3 is 5.97 Å². The molecule has 0 spiro atoms. The molecule has 0 saturated heterocycles. The summed E-state index contributed by atoms with van der Waals surface area (Å²) in [4.78, 5) is 23.2. The Balaban J connectivity index is 2.78. The third-order valence-corrected chi connectivity index (χ3v) is 2.15. The van der Waals surface area contributed by atoms with Crippen LogP contribution >= 0.6 is 0 Å². The molecule has 4 heteroatoms. The summed E-state index contributed by atoms with van der Waals surface area (Å²) in [6.45, 7) is 5.81. The van der Waals surface area contributed by atoms with Crippen molar-refractivity contribution in [1.29, 1.82) is 0 Å². The number of carbonyl (C=O) groups excluding carboxylic acids is 2. The maximum Gasteiger partial charge on any atom is 0.313 e. The zero-order valence-corrected chi connectivity index (χ0v) is 10.3. The van der Waals surface area contributed by atoms with E-state index in [4.69, 9.17) is 9.47 Å². The number of hydrogen-bond acceptors (Lipinski definition) is 4. The SMILES string of the molecule is C=CCOc1ccccc1C(=O)CC(=O)OCC. The molecule has 96 valence electrons. The molecule has 0 aliphatic rings. The lowest BCUT2D eigenvalue weighted by Gasteiger charge is -2.08. The number of ketones is 1. The number of hydrogen-bond donors (Lipinski definition) is 0. The number of carbonyl (C=O) groups is 2. The van der Waals surface area contributed by atoms with Crippen LogP contribution in [0, 0.1) is 0 Å². The second-order valence-electron chi connectivity index (χ2n) is 3.50. The third kappa shape index (κ3) is 4.05. The van der Waals surface area contributed by atoms with E-state index in [1.807, 2.05) is 0 Å². The smallest absolute Gasteiger partial charge is 0.313 e. The van der Waals surface area contributed by atoms with Gasteiger partial charge in [-0.25, -0.2) is 0 Å². The predicted octanol–water partition coefficient (Wildman–Crippen LogP) is 2.39. The van der Waals surface area contributed by atoms with Crippen LogP contribution in [0.1, 0.15) is 23.7 Å². The molecule has 0 N–H and O–H groups in total. The van der Waals surface area contributed by atoms with Gasteiger partial charge in [-0.2, -0.15) is 0 Å². The van der Waals surface area contributed by atoms with Crippen LogP contribution in [0.15, 0.2) is 36.9 Å². The van der Waals surface area contributed by atoms with E-state index in [2.05, 4.69) is 6.58 Å². The standard InChI is InChI=1S/C14H16O4/c1-3-9-18-13-8-6-5-7-11(13)12(15)10-14(16)17-4-2/h3,5-8H,1,4,9-10H2,2H3. The Bertz CT molecular complexity index is 437. The van der Waals surface area contributed by atoms with Gasteiger partial charge in [-0.15, -0.1) is 0 Å². The van der Waals surface area contributed by atoms with Crippen LogP contribution in [0.4, 0.5) is 0 Å². The van der Waals surface area contributed by atoms with E-state index in [1.165, 1.54) is 0 Å². The van der Waals surface area contributed by atoms with Crippen molar-refractivity contribution in [3.05, 3.63) is 42.5 Å². The van der Waals surface area contributed by atoms with E-state index in [0.717, 1.165) is 0 Å². The second kappa shape index (κ2) is 7.27. The zero-order chi connectivity index (χ0) is 13.4. The van der Waals surface area contributed by atoms with E-state index in [0.29, 0.717) is 17.9 Å². The summed E-state index contributed by atoms with van der Waals surface area (Å²) in [5.74, 6) is -0.388. The summed E-state index contributed by atoms with van der Waals surface area (Å²) >= 11 is 0. The van der Waals surface area contributed by atoms with Crippen molar-refractivity contribution in [2.45, 2.75) is 13.3 Å². The molecule has 0 fully saturated rings. The van der Waals surface area contributed by atoms with Crippen LogP contribution in [0.2, 0.25) is 0 Å². The van der Waals surface area contributed by atoms with E-state index < -0.39 is 5.97 Å². The highest BCUT2D eigenvalue weighted by Crippen LogP contribution is 2.19. The Morgan fingerprint density at radius 2 is 2.06 bits per heavy atom. The number of rotatable bonds is 7. The molecule has 0 radical (unpaired) electrons. The summed E-state index contributed by atoms with van der Waals surface area (Å²) < 4.78 is 10.1. The summed E-state index contributed by atoms with van der Waals surface area (Å²) in [6.07, 6.45) is 1.31. The van der Waals surface area contributed by atoms with Gasteiger partial charge in [0.05, 0.1) is 12.2 Å². The Morgan fingerprint density at radius 3 is 2.72 bits per heavy atom. The lowest BCUT2D eigenvalue weighted by Crippen LogP contribution is -2.12. The Labute approximate surface area is 106 Å². The number of benzene rings is 1. The number of Topliss-reactive ketones (excluding diaryl/α,β-unsaturated/α-hetero) is 1. The van der Waals surface area contributed by atoms with Crippen molar-refractivity contribution in [2.75, 3.05) is 13.2 Å². The Hall–Kier alpha value is -2.10. The van der Waals surface area contributed by atoms with Crippen molar-refractivity contribution in [2.24, 2.45) is 0 Å². The summed E-state index contributed by atoms with van der Waals surface area (Å²) in [7, 11) is 0. The van der Waals surface area contributed by atoms with Crippen LogP contribution in [0.3, 0.4) is 0 Å². The molecule has 0 aromatic heterocycles. The van der Waals surface area contributed by atoms with Crippen molar-refractivity contribution >= 4 is 11.8 Å². The predicted molar refractivity (Wildman–Crippen MR) is 67.7 cm³/mol. The molecule has 0 unspecified atom stereocenters. The molecule has 0 saturated carbocycles. The lowest BCUT2D eigenvalue weighted by molar-refractivity contribution is -0.141. The minimum absolute atomic E-state index is 0.265.